The molecule has 1 aromatic heterocycles. The fourth-order valence-electron chi connectivity index (χ4n) is 3.85. The van der Waals surface area contributed by atoms with E-state index in [0.717, 1.165) is 37.4 Å². The minimum Gasteiger partial charge on any atom is -0.370 e. The van der Waals surface area contributed by atoms with Gasteiger partial charge in [-0.15, -0.1) is 0 Å². The molecule has 1 aliphatic carbocycles. The van der Waals surface area contributed by atoms with Crippen molar-refractivity contribution in [2.75, 3.05) is 7.05 Å². The second kappa shape index (κ2) is 6.12. The maximum absolute atomic E-state index is 10.9. The van der Waals surface area contributed by atoms with Gasteiger partial charge in [0.15, 0.2) is 5.82 Å². The second-order valence-electron chi connectivity index (χ2n) is 5.88. The van der Waals surface area contributed by atoms with Gasteiger partial charge in [0.05, 0.1) is 11.0 Å². The smallest absolute Gasteiger partial charge is 0.274 e. The molecule has 1 atom stereocenters. The van der Waals surface area contributed by atoms with Crippen molar-refractivity contribution in [3.8, 4) is 0 Å². The van der Waals surface area contributed by atoms with Crippen LogP contribution >= 0.6 is 11.6 Å². The zero-order valence-corrected chi connectivity index (χ0v) is 13.2. The molecule has 0 aromatic carbocycles. The quantitative estimate of drug-likeness (QED) is 0.524. The molecule has 1 unspecified atom stereocenters. The fraction of sp³-hybridized carbons (Fsp3) is 0.533. The third-order valence-electron chi connectivity index (χ3n) is 4.73. The van der Waals surface area contributed by atoms with Gasteiger partial charge in [-0.1, -0.05) is 17.7 Å². The Bertz CT molecular complexity index is 582. The number of halogens is 1. The van der Waals surface area contributed by atoms with Gasteiger partial charge in [-0.05, 0) is 43.2 Å². The lowest BCUT2D eigenvalue weighted by atomic mass is 9.72. The maximum Gasteiger partial charge on any atom is 0.274 e. The zero-order valence-electron chi connectivity index (χ0n) is 12.4. The van der Waals surface area contributed by atoms with Crippen LogP contribution in [0, 0.1) is 16.0 Å². The van der Waals surface area contributed by atoms with Gasteiger partial charge in [-0.3, -0.25) is 10.1 Å². The van der Waals surface area contributed by atoms with Crippen LogP contribution in [0.5, 0.6) is 0 Å². The molecule has 3 aliphatic rings. The van der Waals surface area contributed by atoms with Crippen molar-refractivity contribution in [3.63, 3.8) is 0 Å². The number of pyridine rings is 1. The zero-order chi connectivity index (χ0) is 15.7. The number of aromatic nitrogens is 1. The van der Waals surface area contributed by atoms with E-state index in [1.165, 1.54) is 0 Å². The Labute approximate surface area is 134 Å². The third kappa shape index (κ3) is 2.75. The fourth-order valence-corrected chi connectivity index (χ4v) is 3.96. The van der Waals surface area contributed by atoms with Gasteiger partial charge in [-0.2, -0.15) is 0 Å². The summed E-state index contributed by atoms with van der Waals surface area (Å²) in [6.07, 6.45) is 7.34. The van der Waals surface area contributed by atoms with Crippen molar-refractivity contribution in [1.82, 2.24) is 15.2 Å². The highest BCUT2D eigenvalue weighted by Gasteiger charge is 2.44. The predicted octanol–water partition coefficient (Wildman–Crippen LogP) is 2.95. The summed E-state index contributed by atoms with van der Waals surface area (Å²) in [5, 5.41) is 14.4. The van der Waals surface area contributed by atoms with E-state index in [1.54, 1.807) is 19.3 Å². The number of fused-ring (bicyclic) bond motifs is 3. The summed E-state index contributed by atoms with van der Waals surface area (Å²) in [5.41, 5.74) is 1.07. The van der Waals surface area contributed by atoms with E-state index >= 15 is 0 Å². The lowest BCUT2D eigenvalue weighted by Gasteiger charge is -2.52. The Morgan fingerprint density at radius 1 is 1.45 bits per heavy atom. The van der Waals surface area contributed by atoms with Crippen LogP contribution in [0.15, 0.2) is 30.4 Å². The standard InChI is InChI=1S/C15H19ClN4O2/c1-17-14(9-19(21)22)20-12-5-2-10(3-6-12)15(20)11-4-7-13(16)18-8-11/h4,7-10,12,15,17H,2-3,5-6H2,1H3/b14-9+. The molecule has 7 heteroatoms. The molecule has 6 nitrogen and oxygen atoms in total. The molecule has 3 heterocycles. The molecule has 3 fully saturated rings. The van der Waals surface area contributed by atoms with Gasteiger partial charge in [0.1, 0.15) is 5.15 Å². The first kappa shape index (κ1) is 15.1. The van der Waals surface area contributed by atoms with E-state index in [-0.39, 0.29) is 6.04 Å². The third-order valence-corrected chi connectivity index (χ3v) is 4.96. The summed E-state index contributed by atoms with van der Waals surface area (Å²) in [6, 6.07) is 4.22. The lowest BCUT2D eigenvalue weighted by Crippen LogP contribution is -2.51. The number of nitro groups is 1. The minimum atomic E-state index is -0.398. The van der Waals surface area contributed by atoms with Gasteiger partial charge in [0, 0.05) is 19.3 Å². The molecular weight excluding hydrogens is 304 g/mol. The van der Waals surface area contributed by atoms with E-state index < -0.39 is 4.92 Å². The van der Waals surface area contributed by atoms with Gasteiger partial charge < -0.3 is 10.2 Å². The van der Waals surface area contributed by atoms with E-state index in [1.807, 2.05) is 6.07 Å². The van der Waals surface area contributed by atoms with Crippen LogP contribution in [0.3, 0.4) is 0 Å². The molecule has 2 aliphatic heterocycles. The second-order valence-corrected chi connectivity index (χ2v) is 6.27. The van der Waals surface area contributed by atoms with E-state index in [9.17, 15) is 10.1 Å². The van der Waals surface area contributed by atoms with Crippen LogP contribution in [0.4, 0.5) is 0 Å². The Morgan fingerprint density at radius 2 is 2.18 bits per heavy atom. The molecule has 1 aromatic rings. The van der Waals surface area contributed by atoms with Gasteiger partial charge in [0.25, 0.3) is 6.20 Å². The highest BCUT2D eigenvalue weighted by molar-refractivity contribution is 6.29. The summed E-state index contributed by atoms with van der Waals surface area (Å²) in [5.74, 6) is 1.07. The number of hydrogen-bond donors (Lipinski definition) is 1. The van der Waals surface area contributed by atoms with Crippen molar-refractivity contribution in [1.29, 1.82) is 0 Å². The summed E-state index contributed by atoms with van der Waals surface area (Å²) in [4.78, 5) is 16.9. The maximum atomic E-state index is 10.9. The van der Waals surface area contributed by atoms with E-state index in [4.69, 9.17) is 11.6 Å². The number of hydrogen-bond acceptors (Lipinski definition) is 5. The molecule has 0 radical (unpaired) electrons. The number of nitrogens with zero attached hydrogens (tertiary/aromatic N) is 3. The Hall–Kier alpha value is -1.82. The van der Waals surface area contributed by atoms with E-state index in [0.29, 0.717) is 22.9 Å². The summed E-state index contributed by atoms with van der Waals surface area (Å²) in [6.45, 7) is 0. The minimum absolute atomic E-state index is 0.121. The first-order chi connectivity index (χ1) is 10.6. The normalized spacial score (nSPS) is 27.8. The van der Waals surface area contributed by atoms with Crippen molar-refractivity contribution >= 4 is 11.6 Å². The van der Waals surface area contributed by atoms with Crippen LogP contribution in [0.1, 0.15) is 37.3 Å². The summed E-state index contributed by atoms with van der Waals surface area (Å²) in [7, 11) is 1.73. The Morgan fingerprint density at radius 3 is 2.73 bits per heavy atom. The van der Waals surface area contributed by atoms with Crippen LogP contribution in [-0.2, 0) is 0 Å². The average Bonchev–Trinajstić information content (AvgIpc) is 2.53. The highest BCUT2D eigenvalue weighted by Crippen LogP contribution is 2.48. The number of piperidine rings is 2. The molecule has 1 saturated carbocycles. The van der Waals surface area contributed by atoms with Crippen LogP contribution in [0.25, 0.3) is 0 Å². The summed E-state index contributed by atoms with van der Waals surface area (Å²) >= 11 is 5.89. The molecule has 22 heavy (non-hydrogen) atoms. The van der Waals surface area contributed by atoms with E-state index in [2.05, 4.69) is 15.2 Å². The highest BCUT2D eigenvalue weighted by atomic mass is 35.5. The molecule has 4 rings (SSSR count). The topological polar surface area (TPSA) is 71.3 Å². The monoisotopic (exact) mass is 322 g/mol. The Kier molecular flexibility index (Phi) is 4.20. The van der Waals surface area contributed by atoms with Crippen molar-refractivity contribution in [2.24, 2.45) is 5.92 Å². The Balaban J connectivity index is 2.00. The molecule has 2 bridgehead atoms. The first-order valence-corrected chi connectivity index (χ1v) is 7.91. The van der Waals surface area contributed by atoms with Crippen LogP contribution in [0.2, 0.25) is 5.15 Å². The molecule has 118 valence electrons. The number of rotatable bonds is 4. The lowest BCUT2D eigenvalue weighted by molar-refractivity contribution is -0.405. The van der Waals surface area contributed by atoms with Crippen LogP contribution < -0.4 is 5.32 Å². The number of nitrogens with one attached hydrogen (secondary N) is 1. The molecule has 1 N–H and O–H groups in total. The van der Waals surface area contributed by atoms with Crippen molar-refractivity contribution in [2.45, 2.75) is 37.8 Å². The first-order valence-electron chi connectivity index (χ1n) is 7.53. The summed E-state index contributed by atoms with van der Waals surface area (Å²) < 4.78 is 0. The van der Waals surface area contributed by atoms with Crippen LogP contribution in [-0.4, -0.2) is 27.9 Å². The van der Waals surface area contributed by atoms with Gasteiger partial charge >= 0.3 is 0 Å². The molecule has 2 saturated heterocycles. The molecule has 0 spiro atoms. The predicted molar refractivity (Wildman–Crippen MR) is 83.7 cm³/mol. The van der Waals surface area contributed by atoms with Gasteiger partial charge in [-0.25, -0.2) is 4.98 Å². The largest absolute Gasteiger partial charge is 0.370 e. The van der Waals surface area contributed by atoms with Crippen molar-refractivity contribution in [3.05, 3.63) is 51.2 Å². The van der Waals surface area contributed by atoms with Crippen molar-refractivity contribution < 1.29 is 4.92 Å². The molecule has 0 amide bonds. The SMILES string of the molecule is CN/C(=C\[N+](=O)[O-])N1C2CCC(CC2)C1c1ccc(Cl)nc1. The average molecular weight is 323 g/mol. The van der Waals surface area contributed by atoms with Gasteiger partial charge in [0.2, 0.25) is 0 Å². The molecular formula is C15H19ClN4O2.